The zero-order chi connectivity index (χ0) is 22.3. The van der Waals surface area contributed by atoms with E-state index in [-0.39, 0.29) is 5.56 Å². The number of ether oxygens (including phenoxy) is 1. The molecule has 0 amide bonds. The van der Waals surface area contributed by atoms with Crippen LogP contribution in [-0.2, 0) is 4.74 Å². The minimum Gasteiger partial charge on any atom is -0.507 e. The average Bonchev–Trinajstić information content (AvgIpc) is 2.69. The van der Waals surface area contributed by atoms with Crippen molar-refractivity contribution in [1.82, 2.24) is 0 Å². The number of rotatable bonds is 4. The molecule has 1 heterocycles. The van der Waals surface area contributed by atoms with Gasteiger partial charge in [0.05, 0.1) is 12.2 Å². The molecule has 2 aromatic carbocycles. The molecule has 30 heavy (non-hydrogen) atoms. The first kappa shape index (κ1) is 21.6. The molecule has 0 aromatic heterocycles. The molecule has 3 rings (SSSR count). The summed E-state index contributed by atoms with van der Waals surface area (Å²) in [5.74, 6) is -4.77. The molecule has 1 aliphatic rings. The summed E-state index contributed by atoms with van der Waals surface area (Å²) < 4.78 is 5.30. The van der Waals surface area contributed by atoms with Crippen LogP contribution in [0.15, 0.2) is 24.3 Å². The lowest BCUT2D eigenvalue weighted by Crippen LogP contribution is -2.55. The largest absolute Gasteiger partial charge is 0.507 e. The van der Waals surface area contributed by atoms with Gasteiger partial charge in [0, 0.05) is 11.6 Å². The molecule has 5 atom stereocenters. The zero-order valence-corrected chi connectivity index (χ0v) is 15.2. The second kappa shape index (κ2) is 7.97. The molecule has 11 nitrogen and oxygen atoms in total. The van der Waals surface area contributed by atoms with Gasteiger partial charge in [-0.15, -0.1) is 0 Å². The average molecular weight is 424 g/mol. The van der Waals surface area contributed by atoms with E-state index >= 15 is 0 Å². The molecule has 0 radical (unpaired) electrons. The highest BCUT2D eigenvalue weighted by molar-refractivity contribution is 6.13. The van der Waals surface area contributed by atoms with Gasteiger partial charge in [0.15, 0.2) is 11.5 Å². The zero-order valence-electron chi connectivity index (χ0n) is 15.2. The number of phenols is 5. The Labute approximate surface area is 168 Å². The van der Waals surface area contributed by atoms with Crippen molar-refractivity contribution < 1.29 is 55.5 Å². The van der Waals surface area contributed by atoms with Gasteiger partial charge in [-0.1, -0.05) is 0 Å². The van der Waals surface area contributed by atoms with E-state index < -0.39 is 82.8 Å². The lowest BCUT2D eigenvalue weighted by atomic mass is 9.88. The van der Waals surface area contributed by atoms with E-state index in [9.17, 15) is 50.8 Å². The van der Waals surface area contributed by atoms with Crippen molar-refractivity contribution in [3.05, 3.63) is 41.0 Å². The first-order valence-electron chi connectivity index (χ1n) is 8.73. The molecule has 1 saturated heterocycles. The number of ketones is 1. The van der Waals surface area contributed by atoms with Crippen molar-refractivity contribution in [2.45, 2.75) is 30.5 Å². The molecular weight excluding hydrogens is 404 g/mol. The molecule has 1 aliphatic heterocycles. The standard InChI is InChI=1S/C19H20O11/c20-5-11-15(26)17(28)18(29)19(30-11)13-10(24)4-9(23)12(16(13)27)14(25)6-1-2-7(21)8(22)3-6/h1-4,11,15,17-24,26-29H,5H2/t11-,15-,17+,18-,19-/m1/s1. The summed E-state index contributed by atoms with van der Waals surface area (Å²) in [6.07, 6.45) is -8.41. The fraction of sp³-hybridized carbons (Fsp3) is 0.316. The first-order valence-corrected chi connectivity index (χ1v) is 8.73. The van der Waals surface area contributed by atoms with E-state index in [2.05, 4.69) is 0 Å². The molecule has 162 valence electrons. The van der Waals surface area contributed by atoms with E-state index in [0.717, 1.165) is 18.2 Å². The summed E-state index contributed by atoms with van der Waals surface area (Å²) in [6, 6.07) is 3.70. The van der Waals surface area contributed by atoms with Gasteiger partial charge >= 0.3 is 0 Å². The first-order chi connectivity index (χ1) is 14.1. The topological polar surface area (TPSA) is 208 Å². The second-order valence-corrected chi connectivity index (χ2v) is 6.83. The predicted molar refractivity (Wildman–Crippen MR) is 97.4 cm³/mol. The fourth-order valence-electron chi connectivity index (χ4n) is 3.31. The van der Waals surface area contributed by atoms with Gasteiger partial charge in [0.1, 0.15) is 53.3 Å². The van der Waals surface area contributed by atoms with Gasteiger partial charge in [0.2, 0.25) is 5.78 Å². The third-order valence-electron chi connectivity index (χ3n) is 4.94. The van der Waals surface area contributed by atoms with Crippen molar-refractivity contribution in [2.75, 3.05) is 6.61 Å². The number of hydrogen-bond donors (Lipinski definition) is 9. The Morgan fingerprint density at radius 1 is 0.833 bits per heavy atom. The van der Waals surface area contributed by atoms with E-state index in [1.807, 2.05) is 0 Å². The Morgan fingerprint density at radius 2 is 1.50 bits per heavy atom. The van der Waals surface area contributed by atoms with Crippen LogP contribution in [0, 0.1) is 0 Å². The summed E-state index contributed by atoms with van der Waals surface area (Å²) >= 11 is 0. The molecular formula is C19H20O11. The van der Waals surface area contributed by atoms with Crippen molar-refractivity contribution >= 4 is 5.78 Å². The summed E-state index contributed by atoms with van der Waals surface area (Å²) in [5, 5.41) is 89.3. The maximum atomic E-state index is 12.8. The molecule has 11 heteroatoms. The van der Waals surface area contributed by atoms with Crippen LogP contribution < -0.4 is 0 Å². The Bertz CT molecular complexity index is 971. The quantitative estimate of drug-likeness (QED) is 0.214. The van der Waals surface area contributed by atoms with Gasteiger partial charge in [-0.2, -0.15) is 0 Å². The maximum absolute atomic E-state index is 12.8. The van der Waals surface area contributed by atoms with Crippen LogP contribution in [0.5, 0.6) is 28.7 Å². The Kier molecular flexibility index (Phi) is 5.74. The predicted octanol–water partition coefficient (Wildman–Crippen LogP) is -1.04. The van der Waals surface area contributed by atoms with E-state index in [1.165, 1.54) is 0 Å². The van der Waals surface area contributed by atoms with Gasteiger partial charge in [0.25, 0.3) is 0 Å². The lowest BCUT2D eigenvalue weighted by molar-refractivity contribution is -0.232. The number of aliphatic hydroxyl groups excluding tert-OH is 4. The normalized spacial score (nSPS) is 26.5. The van der Waals surface area contributed by atoms with Crippen molar-refractivity contribution in [2.24, 2.45) is 0 Å². The summed E-state index contributed by atoms with van der Waals surface area (Å²) in [6.45, 7) is -0.764. The summed E-state index contributed by atoms with van der Waals surface area (Å²) in [4.78, 5) is 12.8. The molecule has 9 N–H and O–H groups in total. The minimum atomic E-state index is -1.87. The molecule has 0 saturated carbocycles. The smallest absolute Gasteiger partial charge is 0.200 e. The van der Waals surface area contributed by atoms with Crippen molar-refractivity contribution in [3.63, 3.8) is 0 Å². The van der Waals surface area contributed by atoms with Crippen LogP contribution in [-0.4, -0.2) is 82.8 Å². The number of carbonyl (C=O) groups is 1. The molecule has 2 aromatic rings. The van der Waals surface area contributed by atoms with Crippen LogP contribution in [0.25, 0.3) is 0 Å². The van der Waals surface area contributed by atoms with Crippen LogP contribution in [0.4, 0.5) is 0 Å². The molecule has 0 spiro atoms. The van der Waals surface area contributed by atoms with Gasteiger partial charge in [-0.3, -0.25) is 4.79 Å². The Hall–Kier alpha value is -3.09. The van der Waals surface area contributed by atoms with E-state index in [4.69, 9.17) is 4.74 Å². The number of aliphatic hydroxyl groups is 4. The van der Waals surface area contributed by atoms with Crippen molar-refractivity contribution in [1.29, 1.82) is 0 Å². The maximum Gasteiger partial charge on any atom is 0.200 e. The number of phenolic OH excluding ortho intramolecular Hbond substituents is 5. The molecule has 0 bridgehead atoms. The summed E-state index contributed by atoms with van der Waals surface area (Å²) in [7, 11) is 0. The molecule has 0 aliphatic carbocycles. The van der Waals surface area contributed by atoms with E-state index in [1.54, 1.807) is 0 Å². The van der Waals surface area contributed by atoms with E-state index in [0.29, 0.717) is 6.07 Å². The third kappa shape index (κ3) is 3.49. The second-order valence-electron chi connectivity index (χ2n) is 6.83. The van der Waals surface area contributed by atoms with Gasteiger partial charge in [-0.05, 0) is 18.2 Å². The van der Waals surface area contributed by atoms with Gasteiger partial charge < -0.3 is 50.7 Å². The Morgan fingerprint density at radius 3 is 2.10 bits per heavy atom. The van der Waals surface area contributed by atoms with Crippen LogP contribution in [0.2, 0.25) is 0 Å². The lowest BCUT2D eigenvalue weighted by Gasteiger charge is -2.40. The number of hydrogen-bond acceptors (Lipinski definition) is 11. The number of benzene rings is 2. The van der Waals surface area contributed by atoms with Crippen LogP contribution >= 0.6 is 0 Å². The fourth-order valence-corrected chi connectivity index (χ4v) is 3.31. The van der Waals surface area contributed by atoms with Crippen molar-refractivity contribution in [3.8, 4) is 28.7 Å². The summed E-state index contributed by atoms with van der Waals surface area (Å²) in [5.41, 5.74) is -1.53. The Balaban J connectivity index is 2.11. The highest BCUT2D eigenvalue weighted by Gasteiger charge is 2.46. The van der Waals surface area contributed by atoms with Crippen LogP contribution in [0.1, 0.15) is 27.6 Å². The molecule has 1 fully saturated rings. The van der Waals surface area contributed by atoms with Crippen LogP contribution in [0.3, 0.4) is 0 Å². The number of carbonyl (C=O) groups excluding carboxylic acids is 1. The highest BCUT2D eigenvalue weighted by atomic mass is 16.5. The van der Waals surface area contributed by atoms with Gasteiger partial charge in [-0.25, -0.2) is 0 Å². The number of aromatic hydroxyl groups is 5. The molecule has 0 unspecified atom stereocenters. The highest BCUT2D eigenvalue weighted by Crippen LogP contribution is 2.46. The monoisotopic (exact) mass is 424 g/mol. The SMILES string of the molecule is O=C(c1ccc(O)c(O)c1)c1c(O)cc(O)c([C@H]2O[C@H](CO)[C@@H](O)[C@H](O)[C@H]2O)c1O. The minimum absolute atomic E-state index is 0.235. The third-order valence-corrected chi connectivity index (χ3v) is 4.94.